The number of carboxylic acids is 1. The highest BCUT2D eigenvalue weighted by Crippen LogP contribution is 2.10. The molecule has 1 atom stereocenters. The van der Waals surface area contributed by atoms with Gasteiger partial charge in [-0.05, 0) is 12.5 Å². The lowest BCUT2D eigenvalue weighted by atomic mass is 10.2. The first-order valence-corrected chi connectivity index (χ1v) is 6.84. The van der Waals surface area contributed by atoms with Crippen LogP contribution in [0.3, 0.4) is 0 Å². The zero-order chi connectivity index (χ0) is 15.3. The molecular formula is C10H12FN3O5S. The molecule has 1 aromatic rings. The van der Waals surface area contributed by atoms with Gasteiger partial charge in [0.15, 0.2) is 0 Å². The van der Waals surface area contributed by atoms with Crippen LogP contribution in [0, 0.1) is 5.82 Å². The fraction of sp³-hybridized carbons (Fsp3) is 0.300. The second-order valence-corrected chi connectivity index (χ2v) is 5.57. The Morgan fingerprint density at radius 1 is 1.45 bits per heavy atom. The molecule has 0 saturated heterocycles. The van der Waals surface area contributed by atoms with E-state index in [1.165, 1.54) is 0 Å². The summed E-state index contributed by atoms with van der Waals surface area (Å²) in [4.78, 5) is 24.4. The topological polar surface area (TPSA) is 139 Å². The summed E-state index contributed by atoms with van der Waals surface area (Å²) in [5, 5.41) is 8.88. The van der Waals surface area contributed by atoms with Gasteiger partial charge in [0.2, 0.25) is 15.9 Å². The van der Waals surface area contributed by atoms with Gasteiger partial charge >= 0.3 is 5.97 Å². The Hall–Kier alpha value is -2.07. The number of sulfonamides is 1. The van der Waals surface area contributed by atoms with Gasteiger partial charge in [-0.15, -0.1) is 0 Å². The molecule has 0 unspecified atom stereocenters. The monoisotopic (exact) mass is 305 g/mol. The molecule has 20 heavy (non-hydrogen) atoms. The first-order chi connectivity index (χ1) is 9.22. The number of hydrogen-bond acceptors (Lipinski definition) is 5. The van der Waals surface area contributed by atoms with Crippen molar-refractivity contribution in [1.82, 2.24) is 9.71 Å². The van der Waals surface area contributed by atoms with Gasteiger partial charge in [-0.3, -0.25) is 14.6 Å². The van der Waals surface area contributed by atoms with Gasteiger partial charge in [0, 0.05) is 12.6 Å². The number of carbonyl (C=O) groups is 2. The largest absolute Gasteiger partial charge is 0.480 e. The first-order valence-electron chi connectivity index (χ1n) is 5.36. The molecule has 0 spiro atoms. The number of carboxylic acid groups (broad SMARTS) is 1. The average Bonchev–Trinajstić information content (AvgIpc) is 2.34. The fourth-order valence-electron chi connectivity index (χ4n) is 1.31. The molecule has 8 nitrogen and oxygen atoms in total. The summed E-state index contributed by atoms with van der Waals surface area (Å²) in [7, 11) is -4.26. The molecule has 10 heteroatoms. The van der Waals surface area contributed by atoms with Crippen molar-refractivity contribution in [3.05, 3.63) is 24.3 Å². The van der Waals surface area contributed by atoms with Gasteiger partial charge in [0.1, 0.15) is 16.8 Å². The summed E-state index contributed by atoms with van der Waals surface area (Å²) in [6.07, 6.45) is 1.06. The maximum atomic E-state index is 12.9. The number of pyridine rings is 1. The standard InChI is InChI=1S/C10H12FN3O5S/c11-6-3-7(5-13-4-6)20(18,19)14-8(10(16)17)1-2-9(12)15/h3-5,8,14H,1-2H2,(H2,12,15)(H,16,17)/t8-/m1/s1. The molecule has 0 aromatic carbocycles. The Kier molecular flexibility index (Phi) is 5.11. The van der Waals surface area contributed by atoms with Crippen LogP contribution in [-0.4, -0.2) is 36.4 Å². The van der Waals surface area contributed by atoms with E-state index in [4.69, 9.17) is 10.8 Å². The van der Waals surface area contributed by atoms with Crippen molar-refractivity contribution < 1.29 is 27.5 Å². The molecule has 0 radical (unpaired) electrons. The van der Waals surface area contributed by atoms with Crippen LogP contribution in [0.25, 0.3) is 0 Å². The highest BCUT2D eigenvalue weighted by Gasteiger charge is 2.26. The predicted octanol–water partition coefficient (Wildman–Crippen LogP) is -0.782. The number of carbonyl (C=O) groups excluding carboxylic acids is 1. The van der Waals surface area contributed by atoms with Gasteiger partial charge in [0.25, 0.3) is 0 Å². The normalized spacial score (nSPS) is 12.8. The van der Waals surface area contributed by atoms with E-state index in [-0.39, 0.29) is 12.8 Å². The van der Waals surface area contributed by atoms with Crippen molar-refractivity contribution in [1.29, 1.82) is 0 Å². The van der Waals surface area contributed by atoms with Crippen LogP contribution >= 0.6 is 0 Å². The highest BCUT2D eigenvalue weighted by atomic mass is 32.2. The number of aromatic nitrogens is 1. The van der Waals surface area contributed by atoms with Crippen LogP contribution in [0.15, 0.2) is 23.4 Å². The molecule has 0 aliphatic rings. The molecular weight excluding hydrogens is 293 g/mol. The Morgan fingerprint density at radius 2 is 2.10 bits per heavy atom. The fourth-order valence-corrected chi connectivity index (χ4v) is 2.51. The third-order valence-electron chi connectivity index (χ3n) is 2.27. The van der Waals surface area contributed by atoms with Crippen molar-refractivity contribution in [2.75, 3.05) is 0 Å². The molecule has 1 amide bonds. The molecule has 0 saturated carbocycles. The van der Waals surface area contributed by atoms with E-state index in [0.29, 0.717) is 6.07 Å². The Morgan fingerprint density at radius 3 is 2.60 bits per heavy atom. The van der Waals surface area contributed by atoms with Crippen LogP contribution in [0.2, 0.25) is 0 Å². The van der Waals surface area contributed by atoms with Gasteiger partial charge in [-0.1, -0.05) is 0 Å². The van der Waals surface area contributed by atoms with Crippen molar-refractivity contribution >= 4 is 21.9 Å². The van der Waals surface area contributed by atoms with Gasteiger partial charge in [-0.25, -0.2) is 12.8 Å². The molecule has 1 aromatic heterocycles. The number of rotatable bonds is 7. The van der Waals surface area contributed by atoms with Gasteiger partial charge in [-0.2, -0.15) is 4.72 Å². The van der Waals surface area contributed by atoms with E-state index in [1.807, 2.05) is 4.72 Å². The summed E-state index contributed by atoms with van der Waals surface area (Å²) in [5.41, 5.74) is 4.87. The SMILES string of the molecule is NC(=O)CC[C@@H](NS(=O)(=O)c1cncc(F)c1)C(=O)O. The first kappa shape index (κ1) is 16.0. The summed E-state index contributed by atoms with van der Waals surface area (Å²) < 4.78 is 38.5. The Bertz CT molecular complexity index is 619. The number of halogens is 1. The molecule has 0 aliphatic carbocycles. The Balaban J connectivity index is 2.91. The minimum atomic E-state index is -4.26. The van der Waals surface area contributed by atoms with E-state index in [2.05, 4.69) is 4.98 Å². The van der Waals surface area contributed by atoms with Crippen molar-refractivity contribution in [2.24, 2.45) is 5.73 Å². The Labute approximate surface area is 113 Å². The quantitative estimate of drug-likeness (QED) is 0.603. The maximum absolute atomic E-state index is 12.9. The summed E-state index contributed by atoms with van der Waals surface area (Å²) >= 11 is 0. The van der Waals surface area contributed by atoms with E-state index < -0.39 is 38.7 Å². The van der Waals surface area contributed by atoms with Gasteiger partial charge < -0.3 is 10.8 Å². The molecule has 1 heterocycles. The van der Waals surface area contributed by atoms with E-state index in [9.17, 15) is 22.4 Å². The number of amides is 1. The molecule has 0 bridgehead atoms. The van der Waals surface area contributed by atoms with Gasteiger partial charge in [0.05, 0.1) is 6.20 Å². The second kappa shape index (κ2) is 6.39. The van der Waals surface area contributed by atoms with Crippen molar-refractivity contribution in [3.8, 4) is 0 Å². The lowest BCUT2D eigenvalue weighted by Gasteiger charge is -2.13. The number of aliphatic carboxylic acids is 1. The lowest BCUT2D eigenvalue weighted by molar-refractivity contribution is -0.139. The van der Waals surface area contributed by atoms with Crippen LogP contribution in [0.5, 0.6) is 0 Å². The van der Waals surface area contributed by atoms with Crippen LogP contribution < -0.4 is 10.5 Å². The zero-order valence-corrected chi connectivity index (χ0v) is 10.9. The molecule has 0 fully saturated rings. The lowest BCUT2D eigenvalue weighted by Crippen LogP contribution is -2.41. The van der Waals surface area contributed by atoms with Crippen molar-refractivity contribution in [3.63, 3.8) is 0 Å². The highest BCUT2D eigenvalue weighted by molar-refractivity contribution is 7.89. The van der Waals surface area contributed by atoms with Crippen LogP contribution in [0.4, 0.5) is 4.39 Å². The third-order valence-corrected chi connectivity index (χ3v) is 3.70. The van der Waals surface area contributed by atoms with E-state index >= 15 is 0 Å². The summed E-state index contributed by atoms with van der Waals surface area (Å²) in [5.74, 6) is -3.11. The maximum Gasteiger partial charge on any atom is 0.321 e. The smallest absolute Gasteiger partial charge is 0.321 e. The number of primary amides is 1. The molecule has 0 aliphatic heterocycles. The average molecular weight is 305 g/mol. The predicted molar refractivity (Wildman–Crippen MR) is 64.4 cm³/mol. The second-order valence-electron chi connectivity index (χ2n) is 3.86. The minimum absolute atomic E-state index is 0.305. The molecule has 110 valence electrons. The third kappa shape index (κ3) is 4.55. The van der Waals surface area contributed by atoms with E-state index in [1.54, 1.807) is 0 Å². The number of nitrogens with one attached hydrogen (secondary N) is 1. The van der Waals surface area contributed by atoms with Crippen LogP contribution in [-0.2, 0) is 19.6 Å². The number of nitrogens with two attached hydrogens (primary N) is 1. The summed E-state index contributed by atoms with van der Waals surface area (Å²) in [6.45, 7) is 0. The molecule has 4 N–H and O–H groups in total. The van der Waals surface area contributed by atoms with E-state index in [0.717, 1.165) is 12.4 Å². The minimum Gasteiger partial charge on any atom is -0.480 e. The van der Waals surface area contributed by atoms with Crippen molar-refractivity contribution in [2.45, 2.75) is 23.8 Å². The zero-order valence-electron chi connectivity index (χ0n) is 10.1. The molecule has 1 rings (SSSR count). The number of hydrogen-bond donors (Lipinski definition) is 3. The van der Waals surface area contributed by atoms with Crippen LogP contribution in [0.1, 0.15) is 12.8 Å². The summed E-state index contributed by atoms with van der Waals surface area (Å²) in [6, 6.07) is -0.849. The number of nitrogens with zero attached hydrogens (tertiary/aromatic N) is 1.